The predicted octanol–water partition coefficient (Wildman–Crippen LogP) is 4.62. The number of ether oxygens (including phenoxy) is 1. The molecule has 2 rings (SSSR count). The van der Waals surface area contributed by atoms with Crippen molar-refractivity contribution in [2.24, 2.45) is 0 Å². The van der Waals surface area contributed by atoms with Crippen molar-refractivity contribution >= 4 is 34.2 Å². The van der Waals surface area contributed by atoms with Crippen LogP contribution in [0, 0.1) is 24.3 Å². The van der Waals surface area contributed by atoms with Gasteiger partial charge in [0.15, 0.2) is 6.10 Å². The maximum absolute atomic E-state index is 12.3. The molecule has 22 heavy (non-hydrogen) atoms. The van der Waals surface area contributed by atoms with Crippen molar-refractivity contribution in [2.75, 3.05) is 5.32 Å². The van der Waals surface area contributed by atoms with Gasteiger partial charge in [0, 0.05) is 9.26 Å². The number of carbonyl (C=O) groups is 1. The van der Waals surface area contributed by atoms with Gasteiger partial charge in [0.1, 0.15) is 5.75 Å². The lowest BCUT2D eigenvalue weighted by Crippen LogP contribution is -2.30. The summed E-state index contributed by atoms with van der Waals surface area (Å²) in [7, 11) is 0. The van der Waals surface area contributed by atoms with Gasteiger partial charge in [-0.05, 0) is 85.7 Å². The molecule has 4 heteroatoms. The van der Waals surface area contributed by atoms with Gasteiger partial charge in [0.2, 0.25) is 0 Å². The summed E-state index contributed by atoms with van der Waals surface area (Å²) in [6.07, 6.45) is -0.555. The first-order valence-corrected chi connectivity index (χ1v) is 8.25. The van der Waals surface area contributed by atoms with Gasteiger partial charge in [-0.25, -0.2) is 0 Å². The number of amides is 1. The Morgan fingerprint density at radius 1 is 1.09 bits per heavy atom. The summed E-state index contributed by atoms with van der Waals surface area (Å²) in [5.41, 5.74) is 4.07. The third-order valence-corrected chi connectivity index (χ3v) is 4.12. The zero-order chi connectivity index (χ0) is 16.3. The predicted molar refractivity (Wildman–Crippen MR) is 98.5 cm³/mol. The van der Waals surface area contributed by atoms with Crippen molar-refractivity contribution in [3.63, 3.8) is 0 Å². The summed E-state index contributed by atoms with van der Waals surface area (Å²) in [6.45, 7) is 7.76. The number of halogens is 1. The minimum Gasteiger partial charge on any atom is -0.481 e. The number of hydrogen-bond donors (Lipinski definition) is 1. The van der Waals surface area contributed by atoms with Gasteiger partial charge < -0.3 is 10.1 Å². The van der Waals surface area contributed by atoms with Gasteiger partial charge in [-0.3, -0.25) is 4.79 Å². The summed E-state index contributed by atoms with van der Waals surface area (Å²) < 4.78 is 6.93. The molecule has 1 amide bonds. The highest BCUT2D eigenvalue weighted by molar-refractivity contribution is 14.1. The molecular formula is C18H20INO2. The fourth-order valence-electron chi connectivity index (χ4n) is 2.18. The lowest BCUT2D eigenvalue weighted by Gasteiger charge is -2.17. The first-order chi connectivity index (χ1) is 10.4. The molecule has 3 nitrogen and oxygen atoms in total. The Bertz CT molecular complexity index is 697. The monoisotopic (exact) mass is 409 g/mol. The molecule has 0 unspecified atom stereocenters. The Kier molecular flexibility index (Phi) is 5.45. The molecule has 0 saturated carbocycles. The zero-order valence-corrected chi connectivity index (χ0v) is 15.4. The first kappa shape index (κ1) is 16.8. The highest BCUT2D eigenvalue weighted by Crippen LogP contribution is 2.21. The van der Waals surface area contributed by atoms with Gasteiger partial charge in [0.05, 0.1) is 0 Å². The van der Waals surface area contributed by atoms with Crippen LogP contribution < -0.4 is 10.1 Å². The van der Waals surface area contributed by atoms with E-state index in [2.05, 4.69) is 27.9 Å². The topological polar surface area (TPSA) is 38.3 Å². The number of aryl methyl sites for hydroxylation is 3. The van der Waals surface area contributed by atoms with Crippen LogP contribution in [0.5, 0.6) is 5.75 Å². The van der Waals surface area contributed by atoms with Gasteiger partial charge in [0.25, 0.3) is 5.91 Å². The normalized spacial score (nSPS) is 11.9. The molecule has 1 N–H and O–H groups in total. The zero-order valence-electron chi connectivity index (χ0n) is 13.2. The Labute approximate surface area is 145 Å². The van der Waals surface area contributed by atoms with Crippen LogP contribution in [-0.2, 0) is 4.79 Å². The minimum atomic E-state index is -0.555. The summed E-state index contributed by atoms with van der Waals surface area (Å²) in [5, 5.41) is 2.92. The second kappa shape index (κ2) is 7.13. The molecule has 0 aliphatic carbocycles. The molecule has 0 bridgehead atoms. The average Bonchev–Trinajstić information content (AvgIpc) is 2.44. The lowest BCUT2D eigenvalue weighted by molar-refractivity contribution is -0.122. The van der Waals surface area contributed by atoms with E-state index < -0.39 is 6.10 Å². The molecule has 0 spiro atoms. The fourth-order valence-corrected chi connectivity index (χ4v) is 2.82. The van der Waals surface area contributed by atoms with E-state index in [9.17, 15) is 4.79 Å². The van der Waals surface area contributed by atoms with E-state index >= 15 is 0 Å². The molecule has 0 fully saturated rings. The van der Waals surface area contributed by atoms with Crippen LogP contribution in [0.1, 0.15) is 23.6 Å². The van der Waals surface area contributed by atoms with E-state index in [-0.39, 0.29) is 5.91 Å². The summed E-state index contributed by atoms with van der Waals surface area (Å²) >= 11 is 2.25. The number of nitrogens with one attached hydrogen (secondary N) is 1. The van der Waals surface area contributed by atoms with Crippen LogP contribution in [0.15, 0.2) is 36.4 Å². The highest BCUT2D eigenvalue weighted by Gasteiger charge is 2.16. The molecule has 0 aliphatic rings. The number of rotatable bonds is 4. The average molecular weight is 409 g/mol. The van der Waals surface area contributed by atoms with Crippen molar-refractivity contribution in [3.8, 4) is 5.75 Å². The molecule has 2 aromatic rings. The van der Waals surface area contributed by atoms with Crippen molar-refractivity contribution in [2.45, 2.75) is 33.8 Å². The second-order valence-electron chi connectivity index (χ2n) is 5.48. The van der Waals surface area contributed by atoms with Crippen LogP contribution >= 0.6 is 22.6 Å². The third kappa shape index (κ3) is 4.22. The van der Waals surface area contributed by atoms with Crippen LogP contribution in [0.25, 0.3) is 0 Å². The molecule has 2 aromatic carbocycles. The maximum Gasteiger partial charge on any atom is 0.265 e. The molecule has 0 saturated heterocycles. The van der Waals surface area contributed by atoms with Crippen molar-refractivity contribution in [1.82, 2.24) is 0 Å². The molecule has 0 aliphatic heterocycles. The van der Waals surface area contributed by atoms with Crippen LogP contribution in [0.2, 0.25) is 0 Å². The van der Waals surface area contributed by atoms with Gasteiger partial charge in [-0.2, -0.15) is 0 Å². The SMILES string of the molecule is Cc1ccc(O[C@H](C)C(=O)Nc2ccc(I)cc2C)c(C)c1. The number of hydrogen-bond acceptors (Lipinski definition) is 2. The number of anilines is 1. The number of benzene rings is 2. The minimum absolute atomic E-state index is 0.149. The third-order valence-electron chi connectivity index (χ3n) is 3.45. The number of carbonyl (C=O) groups excluding carboxylic acids is 1. The summed E-state index contributed by atoms with van der Waals surface area (Å²) in [6, 6.07) is 11.9. The van der Waals surface area contributed by atoms with E-state index in [0.717, 1.165) is 26.1 Å². The molecule has 0 aromatic heterocycles. The van der Waals surface area contributed by atoms with Crippen LogP contribution in [0.3, 0.4) is 0 Å². The molecule has 116 valence electrons. The fraction of sp³-hybridized carbons (Fsp3) is 0.278. The molecule has 0 heterocycles. The lowest BCUT2D eigenvalue weighted by atomic mass is 10.1. The smallest absolute Gasteiger partial charge is 0.265 e. The summed E-state index contributed by atoms with van der Waals surface area (Å²) in [5.74, 6) is 0.594. The van der Waals surface area contributed by atoms with Crippen LogP contribution in [0.4, 0.5) is 5.69 Å². The van der Waals surface area contributed by atoms with Crippen molar-refractivity contribution < 1.29 is 9.53 Å². The van der Waals surface area contributed by atoms with Gasteiger partial charge in [-0.15, -0.1) is 0 Å². The molecule has 0 radical (unpaired) electrons. The van der Waals surface area contributed by atoms with Gasteiger partial charge in [-0.1, -0.05) is 17.7 Å². The standard InChI is InChI=1S/C18H20INO2/c1-11-5-8-17(13(3)9-11)22-14(4)18(21)20-16-7-6-15(19)10-12(16)2/h5-10,14H,1-4H3,(H,20,21)/t14-/m1/s1. The Morgan fingerprint density at radius 3 is 2.45 bits per heavy atom. The Morgan fingerprint density at radius 2 is 1.82 bits per heavy atom. The van der Waals surface area contributed by atoms with E-state index in [1.165, 1.54) is 5.56 Å². The molecular weight excluding hydrogens is 389 g/mol. The van der Waals surface area contributed by atoms with E-state index in [4.69, 9.17) is 4.74 Å². The highest BCUT2D eigenvalue weighted by atomic mass is 127. The van der Waals surface area contributed by atoms with Gasteiger partial charge >= 0.3 is 0 Å². The summed E-state index contributed by atoms with van der Waals surface area (Å²) in [4.78, 5) is 12.3. The second-order valence-corrected chi connectivity index (χ2v) is 6.72. The quantitative estimate of drug-likeness (QED) is 0.749. The first-order valence-electron chi connectivity index (χ1n) is 7.18. The van der Waals surface area contributed by atoms with Crippen molar-refractivity contribution in [3.05, 3.63) is 56.7 Å². The van der Waals surface area contributed by atoms with Crippen LogP contribution in [-0.4, -0.2) is 12.0 Å². The van der Waals surface area contributed by atoms with E-state index in [1.807, 2.05) is 57.2 Å². The Balaban J connectivity index is 2.05. The van der Waals surface area contributed by atoms with Crippen molar-refractivity contribution in [1.29, 1.82) is 0 Å². The van der Waals surface area contributed by atoms with E-state index in [1.54, 1.807) is 6.92 Å². The maximum atomic E-state index is 12.3. The van der Waals surface area contributed by atoms with E-state index in [0.29, 0.717) is 0 Å². The Hall–Kier alpha value is -1.56. The largest absolute Gasteiger partial charge is 0.481 e. The molecule has 1 atom stereocenters.